The number of nitrogens with zero attached hydrogens (tertiary/aromatic N) is 1. The van der Waals surface area contributed by atoms with Crippen molar-refractivity contribution in [1.29, 1.82) is 0 Å². The highest BCUT2D eigenvalue weighted by Crippen LogP contribution is 2.23. The molecule has 0 bridgehead atoms. The number of nitrogens with two attached hydrogens (primary N) is 2. The van der Waals surface area contributed by atoms with E-state index in [0.29, 0.717) is 12.1 Å². The highest BCUT2D eigenvalue weighted by molar-refractivity contribution is 5.45. The molecule has 4 heteroatoms. The fourth-order valence-corrected chi connectivity index (χ4v) is 1.43. The lowest BCUT2D eigenvalue weighted by atomic mass is 9.84. The monoisotopic (exact) mass is 209 g/mol. The number of hydrogen-bond acceptors (Lipinski definition) is 4. The Hall–Kier alpha value is -1.13. The summed E-state index contributed by atoms with van der Waals surface area (Å²) in [5, 5.41) is 10.3. The number of pyridine rings is 1. The van der Waals surface area contributed by atoms with Gasteiger partial charge in [-0.3, -0.25) is 4.98 Å². The van der Waals surface area contributed by atoms with E-state index in [4.69, 9.17) is 11.5 Å². The summed E-state index contributed by atoms with van der Waals surface area (Å²) in [7, 11) is 0. The van der Waals surface area contributed by atoms with Gasteiger partial charge in [-0.1, -0.05) is 13.8 Å². The average molecular weight is 209 g/mol. The molecule has 0 amide bonds. The Kier molecular flexibility index (Phi) is 3.66. The molecule has 1 rings (SSSR count). The minimum atomic E-state index is -0.906. The summed E-state index contributed by atoms with van der Waals surface area (Å²) in [5.74, 6) is 0.0853. The predicted molar refractivity (Wildman–Crippen MR) is 61.2 cm³/mol. The van der Waals surface area contributed by atoms with E-state index < -0.39 is 5.60 Å². The van der Waals surface area contributed by atoms with E-state index in [1.54, 1.807) is 18.5 Å². The zero-order chi connectivity index (χ0) is 11.5. The summed E-state index contributed by atoms with van der Waals surface area (Å²) >= 11 is 0. The van der Waals surface area contributed by atoms with Gasteiger partial charge < -0.3 is 16.6 Å². The molecule has 1 unspecified atom stereocenters. The lowest BCUT2D eigenvalue weighted by molar-refractivity contribution is 0.00415. The normalized spacial score (nSPS) is 15.3. The maximum absolute atomic E-state index is 10.3. The van der Waals surface area contributed by atoms with Crippen molar-refractivity contribution in [3.05, 3.63) is 24.0 Å². The molecule has 0 radical (unpaired) electrons. The molecule has 0 aliphatic heterocycles. The van der Waals surface area contributed by atoms with E-state index in [1.165, 1.54) is 0 Å². The molecule has 1 aromatic heterocycles. The van der Waals surface area contributed by atoms with Crippen LogP contribution in [0.2, 0.25) is 0 Å². The number of aliphatic hydroxyl groups is 1. The molecule has 0 fully saturated rings. The van der Waals surface area contributed by atoms with Crippen LogP contribution in [-0.2, 0) is 6.42 Å². The quantitative estimate of drug-likeness (QED) is 0.676. The van der Waals surface area contributed by atoms with E-state index >= 15 is 0 Å². The molecule has 0 aliphatic rings. The molecule has 5 N–H and O–H groups in total. The summed E-state index contributed by atoms with van der Waals surface area (Å²) in [6.45, 7) is 4.11. The summed E-state index contributed by atoms with van der Waals surface area (Å²) in [6.07, 6.45) is 3.76. The summed E-state index contributed by atoms with van der Waals surface area (Å²) in [5.41, 5.74) is 12.0. The second kappa shape index (κ2) is 4.59. The molecule has 0 saturated heterocycles. The van der Waals surface area contributed by atoms with Gasteiger partial charge in [-0.2, -0.15) is 0 Å². The first-order chi connectivity index (χ1) is 6.99. The van der Waals surface area contributed by atoms with Gasteiger partial charge in [0.15, 0.2) is 0 Å². The van der Waals surface area contributed by atoms with Crippen LogP contribution in [-0.4, -0.2) is 22.2 Å². The van der Waals surface area contributed by atoms with Crippen LogP contribution in [0.4, 0.5) is 5.69 Å². The van der Waals surface area contributed by atoms with Crippen LogP contribution in [0.25, 0.3) is 0 Å². The molecule has 4 nitrogen and oxygen atoms in total. The van der Waals surface area contributed by atoms with Gasteiger partial charge in [0, 0.05) is 31.0 Å². The van der Waals surface area contributed by atoms with Gasteiger partial charge in [0.25, 0.3) is 0 Å². The number of rotatable bonds is 4. The molecule has 0 aromatic carbocycles. The third-order valence-corrected chi connectivity index (χ3v) is 2.87. The van der Waals surface area contributed by atoms with Crippen molar-refractivity contribution in [3.8, 4) is 0 Å². The maximum Gasteiger partial charge on any atom is 0.0833 e. The SMILES string of the molecule is CC(C)C(O)(CN)Cc1cnccc1N. The summed E-state index contributed by atoms with van der Waals surface area (Å²) in [6, 6.07) is 1.73. The van der Waals surface area contributed by atoms with E-state index in [-0.39, 0.29) is 12.5 Å². The van der Waals surface area contributed by atoms with Gasteiger partial charge in [-0.05, 0) is 17.5 Å². The van der Waals surface area contributed by atoms with E-state index in [0.717, 1.165) is 5.56 Å². The molecular weight excluding hydrogens is 190 g/mol. The van der Waals surface area contributed by atoms with Crippen molar-refractivity contribution in [3.63, 3.8) is 0 Å². The summed E-state index contributed by atoms with van der Waals surface area (Å²) < 4.78 is 0. The van der Waals surface area contributed by atoms with Crippen LogP contribution < -0.4 is 11.5 Å². The Balaban J connectivity index is 2.89. The van der Waals surface area contributed by atoms with Crippen LogP contribution in [0, 0.1) is 5.92 Å². The van der Waals surface area contributed by atoms with Crippen molar-refractivity contribution in [2.24, 2.45) is 11.7 Å². The van der Waals surface area contributed by atoms with Gasteiger partial charge in [0.05, 0.1) is 5.60 Å². The first kappa shape index (κ1) is 11.9. The van der Waals surface area contributed by atoms with Gasteiger partial charge >= 0.3 is 0 Å². The number of aromatic nitrogens is 1. The first-order valence-corrected chi connectivity index (χ1v) is 5.10. The third-order valence-electron chi connectivity index (χ3n) is 2.87. The van der Waals surface area contributed by atoms with E-state index in [1.807, 2.05) is 13.8 Å². The van der Waals surface area contributed by atoms with Crippen molar-refractivity contribution < 1.29 is 5.11 Å². The van der Waals surface area contributed by atoms with Crippen LogP contribution >= 0.6 is 0 Å². The van der Waals surface area contributed by atoms with E-state index in [9.17, 15) is 5.11 Å². The molecule has 84 valence electrons. The van der Waals surface area contributed by atoms with Gasteiger partial charge in [0.1, 0.15) is 0 Å². The zero-order valence-corrected chi connectivity index (χ0v) is 9.27. The van der Waals surface area contributed by atoms with Crippen LogP contribution in [0.5, 0.6) is 0 Å². The van der Waals surface area contributed by atoms with Crippen molar-refractivity contribution in [2.45, 2.75) is 25.9 Å². The minimum absolute atomic E-state index is 0.0853. The Morgan fingerprint density at radius 1 is 1.53 bits per heavy atom. The molecule has 15 heavy (non-hydrogen) atoms. The van der Waals surface area contributed by atoms with Crippen molar-refractivity contribution in [1.82, 2.24) is 4.98 Å². The average Bonchev–Trinajstić information content (AvgIpc) is 2.21. The van der Waals surface area contributed by atoms with Crippen LogP contribution in [0.3, 0.4) is 0 Å². The zero-order valence-electron chi connectivity index (χ0n) is 9.27. The second-order valence-corrected chi connectivity index (χ2v) is 4.21. The lowest BCUT2D eigenvalue weighted by Gasteiger charge is -2.31. The third kappa shape index (κ3) is 2.67. The number of anilines is 1. The Morgan fingerprint density at radius 2 is 2.20 bits per heavy atom. The van der Waals surface area contributed by atoms with Gasteiger partial charge in [-0.15, -0.1) is 0 Å². The smallest absolute Gasteiger partial charge is 0.0833 e. The van der Waals surface area contributed by atoms with Crippen molar-refractivity contribution >= 4 is 5.69 Å². The van der Waals surface area contributed by atoms with E-state index in [2.05, 4.69) is 4.98 Å². The highest BCUT2D eigenvalue weighted by Gasteiger charge is 2.30. The molecule has 0 aliphatic carbocycles. The Bertz CT molecular complexity index is 327. The highest BCUT2D eigenvalue weighted by atomic mass is 16.3. The molecule has 0 spiro atoms. The van der Waals surface area contributed by atoms with Crippen molar-refractivity contribution in [2.75, 3.05) is 12.3 Å². The molecule has 1 aromatic rings. The predicted octanol–water partition coefficient (Wildman–Crippen LogP) is 0.552. The molecular formula is C11H19N3O. The Morgan fingerprint density at radius 3 is 2.67 bits per heavy atom. The fourth-order valence-electron chi connectivity index (χ4n) is 1.43. The molecule has 1 atom stereocenters. The largest absolute Gasteiger partial charge is 0.398 e. The fraction of sp³-hybridized carbons (Fsp3) is 0.545. The second-order valence-electron chi connectivity index (χ2n) is 4.21. The molecule has 0 saturated carbocycles. The van der Waals surface area contributed by atoms with Crippen LogP contribution in [0.1, 0.15) is 19.4 Å². The van der Waals surface area contributed by atoms with Gasteiger partial charge in [0.2, 0.25) is 0 Å². The Labute approximate surface area is 90.3 Å². The van der Waals surface area contributed by atoms with Crippen LogP contribution in [0.15, 0.2) is 18.5 Å². The maximum atomic E-state index is 10.3. The molecule has 1 heterocycles. The topological polar surface area (TPSA) is 85.2 Å². The standard InChI is InChI=1S/C11H19N3O/c1-8(2)11(15,7-12)5-9-6-14-4-3-10(9)13/h3-4,6,8,15H,5,7,12H2,1-2H3,(H2,13,14). The lowest BCUT2D eigenvalue weighted by Crippen LogP contribution is -2.45. The first-order valence-electron chi connectivity index (χ1n) is 5.10. The minimum Gasteiger partial charge on any atom is -0.398 e. The number of hydrogen-bond donors (Lipinski definition) is 3. The number of nitrogen functional groups attached to an aromatic ring is 1. The van der Waals surface area contributed by atoms with Gasteiger partial charge in [-0.25, -0.2) is 0 Å². The summed E-state index contributed by atoms with van der Waals surface area (Å²) in [4.78, 5) is 3.99.